The average molecular weight is 647 g/mol. The minimum absolute atomic E-state index is 0.0127. The molecule has 1 amide bonds. The van der Waals surface area contributed by atoms with E-state index in [-0.39, 0.29) is 17.4 Å². The molecule has 2 aliphatic heterocycles. The van der Waals surface area contributed by atoms with Crippen LogP contribution in [0.1, 0.15) is 53.3 Å². The number of anilines is 1. The quantitative estimate of drug-likeness (QED) is 0.104. The van der Waals surface area contributed by atoms with E-state index in [2.05, 4.69) is 0 Å². The molecule has 0 saturated carbocycles. The van der Waals surface area contributed by atoms with Gasteiger partial charge in [-0.05, 0) is 91.9 Å². The number of hydrogen-bond donors (Lipinski definition) is 1. The van der Waals surface area contributed by atoms with Gasteiger partial charge in [-0.2, -0.15) is 0 Å². The molecule has 47 heavy (non-hydrogen) atoms. The number of carbonyl (C=O) groups excluding carboxylic acids is 2. The smallest absolute Gasteiger partial charge is 0.301 e. The van der Waals surface area contributed by atoms with E-state index >= 15 is 0 Å². The highest BCUT2D eigenvalue weighted by Crippen LogP contribution is 2.46. The number of rotatable bonds is 8. The van der Waals surface area contributed by atoms with Crippen molar-refractivity contribution in [3.63, 3.8) is 0 Å². The van der Waals surface area contributed by atoms with Gasteiger partial charge in [-0.15, -0.1) is 0 Å². The molecule has 1 N–H and O–H groups in total. The van der Waals surface area contributed by atoms with Crippen molar-refractivity contribution < 1.29 is 28.9 Å². The summed E-state index contributed by atoms with van der Waals surface area (Å²) in [5.74, 6) is -0.0638. The van der Waals surface area contributed by atoms with E-state index in [0.29, 0.717) is 47.4 Å². The predicted molar refractivity (Wildman–Crippen MR) is 182 cm³/mol. The summed E-state index contributed by atoms with van der Waals surface area (Å²) in [6.45, 7) is 8.56. The third-order valence-corrected chi connectivity index (χ3v) is 9.46. The number of carbonyl (C=O) groups is 2. The summed E-state index contributed by atoms with van der Waals surface area (Å²) in [6.07, 6.45) is 0.694. The van der Waals surface area contributed by atoms with Gasteiger partial charge in [0.15, 0.2) is 16.6 Å². The van der Waals surface area contributed by atoms with Crippen LogP contribution in [0, 0.1) is 13.8 Å². The zero-order valence-corrected chi connectivity index (χ0v) is 27.4. The van der Waals surface area contributed by atoms with Gasteiger partial charge in [-0.25, -0.2) is 4.98 Å². The maximum absolute atomic E-state index is 14.0. The number of aromatic nitrogens is 1. The van der Waals surface area contributed by atoms with Crippen LogP contribution in [-0.4, -0.2) is 34.5 Å². The molecule has 0 aliphatic carbocycles. The zero-order valence-electron chi connectivity index (χ0n) is 26.6. The van der Waals surface area contributed by atoms with Gasteiger partial charge in [0, 0.05) is 12.0 Å². The average Bonchev–Trinajstić information content (AvgIpc) is 3.73. The van der Waals surface area contributed by atoms with Gasteiger partial charge in [0.1, 0.15) is 24.2 Å². The number of fused-ring (bicyclic) bond motifs is 2. The van der Waals surface area contributed by atoms with E-state index < -0.39 is 17.7 Å². The highest BCUT2D eigenvalue weighted by atomic mass is 32.1. The van der Waals surface area contributed by atoms with Crippen LogP contribution in [-0.2, 0) is 22.6 Å². The SMILES string of the molecule is CCOc1cc(C2C(=C(O)c3ccc4c(c3)CC(C)O4)C(=O)C(=O)N2c2nc3c(C)cc(C)cc3s2)ccc1OCc1ccccc1. The molecule has 0 radical (unpaired) electrons. The van der Waals surface area contributed by atoms with Crippen LogP contribution in [0.15, 0.2) is 84.4 Å². The number of aliphatic hydroxyl groups is 1. The van der Waals surface area contributed by atoms with Crippen molar-refractivity contribution in [1.29, 1.82) is 0 Å². The van der Waals surface area contributed by atoms with Gasteiger partial charge in [-0.1, -0.05) is 53.8 Å². The van der Waals surface area contributed by atoms with Crippen molar-refractivity contribution in [3.8, 4) is 17.2 Å². The molecular formula is C38H34N2O6S. The molecule has 238 valence electrons. The van der Waals surface area contributed by atoms with Gasteiger partial charge in [0.25, 0.3) is 5.78 Å². The monoisotopic (exact) mass is 646 g/mol. The van der Waals surface area contributed by atoms with Crippen molar-refractivity contribution in [2.24, 2.45) is 0 Å². The summed E-state index contributed by atoms with van der Waals surface area (Å²) in [5.41, 5.74) is 5.75. The summed E-state index contributed by atoms with van der Waals surface area (Å²) < 4.78 is 18.9. The van der Waals surface area contributed by atoms with E-state index in [1.54, 1.807) is 30.3 Å². The first-order chi connectivity index (χ1) is 22.7. The number of benzene rings is 4. The van der Waals surface area contributed by atoms with Crippen LogP contribution in [0.3, 0.4) is 0 Å². The molecule has 2 atom stereocenters. The number of aryl methyl sites for hydroxylation is 2. The molecule has 4 aromatic carbocycles. The van der Waals surface area contributed by atoms with Crippen molar-refractivity contribution in [2.45, 2.75) is 52.9 Å². The number of Topliss-reactive ketones (excluding diaryl/α,β-unsaturated/α-hetero) is 1. The number of nitrogens with zero attached hydrogens (tertiary/aromatic N) is 2. The number of ether oxygens (including phenoxy) is 3. The van der Waals surface area contributed by atoms with Crippen LogP contribution in [0.5, 0.6) is 17.2 Å². The van der Waals surface area contributed by atoms with Gasteiger partial charge in [0.2, 0.25) is 0 Å². The van der Waals surface area contributed by atoms with Crippen molar-refractivity contribution in [2.75, 3.05) is 11.5 Å². The summed E-state index contributed by atoms with van der Waals surface area (Å²) in [5, 5.41) is 12.2. The molecule has 3 heterocycles. The third kappa shape index (κ3) is 5.61. The lowest BCUT2D eigenvalue weighted by Gasteiger charge is -2.24. The summed E-state index contributed by atoms with van der Waals surface area (Å²) in [4.78, 5) is 34.1. The topological polar surface area (TPSA) is 98.2 Å². The maximum atomic E-state index is 14.0. The van der Waals surface area contributed by atoms with Gasteiger partial charge >= 0.3 is 5.91 Å². The molecule has 5 aromatic rings. The standard InChI is InChI=1S/C38H34N2O6S/c1-5-44-30-19-25(11-14-29(30)45-20-24-9-7-6-8-10-24)34-32(35(41)26-12-13-28-27(18-26)17-23(4)46-28)36(42)37(43)40(34)38-39-33-22(3)15-21(2)16-31(33)47-38/h6-16,18-19,23,34,41H,5,17,20H2,1-4H3. The molecule has 8 nitrogen and oxygen atoms in total. The minimum Gasteiger partial charge on any atom is -0.507 e. The van der Waals surface area contributed by atoms with Crippen LogP contribution in [0.2, 0.25) is 0 Å². The molecule has 1 saturated heterocycles. The Morgan fingerprint density at radius 1 is 1.00 bits per heavy atom. The first-order valence-electron chi connectivity index (χ1n) is 15.6. The second-order valence-corrected chi connectivity index (χ2v) is 13.0. The zero-order chi connectivity index (χ0) is 32.8. The second-order valence-electron chi connectivity index (χ2n) is 12.0. The van der Waals surface area contributed by atoms with Crippen LogP contribution < -0.4 is 19.1 Å². The molecule has 7 rings (SSSR count). The van der Waals surface area contributed by atoms with Crippen LogP contribution >= 0.6 is 11.3 Å². The Kier molecular flexibility index (Phi) is 7.93. The summed E-state index contributed by atoms with van der Waals surface area (Å²) in [6, 6.07) is 23.6. The minimum atomic E-state index is -0.970. The molecule has 9 heteroatoms. The largest absolute Gasteiger partial charge is 0.507 e. The van der Waals surface area contributed by atoms with Crippen molar-refractivity contribution in [1.82, 2.24) is 4.98 Å². The third-order valence-electron chi connectivity index (χ3n) is 8.46. The molecular weight excluding hydrogens is 612 g/mol. The number of hydrogen-bond acceptors (Lipinski definition) is 8. The molecule has 0 bridgehead atoms. The molecule has 1 fully saturated rings. The number of aliphatic hydroxyl groups excluding tert-OH is 1. The molecule has 2 unspecified atom stereocenters. The first-order valence-corrected chi connectivity index (χ1v) is 16.5. The Morgan fingerprint density at radius 3 is 2.60 bits per heavy atom. The first kappa shape index (κ1) is 30.5. The Morgan fingerprint density at radius 2 is 1.81 bits per heavy atom. The van der Waals surface area contributed by atoms with Gasteiger partial charge in [0.05, 0.1) is 28.4 Å². The fourth-order valence-electron chi connectivity index (χ4n) is 6.35. The van der Waals surface area contributed by atoms with E-state index in [9.17, 15) is 14.7 Å². The van der Waals surface area contributed by atoms with E-state index in [0.717, 1.165) is 38.2 Å². The lowest BCUT2D eigenvalue weighted by atomic mass is 9.94. The fourth-order valence-corrected chi connectivity index (χ4v) is 7.52. The van der Waals surface area contributed by atoms with Gasteiger partial charge in [-0.3, -0.25) is 14.5 Å². The Labute approximate surface area is 276 Å². The second kappa shape index (κ2) is 12.2. The highest BCUT2D eigenvalue weighted by Gasteiger charge is 2.48. The Bertz CT molecular complexity index is 2070. The Hall–Kier alpha value is -5.15. The van der Waals surface area contributed by atoms with Crippen molar-refractivity contribution in [3.05, 3.63) is 118 Å². The lowest BCUT2D eigenvalue weighted by Crippen LogP contribution is -2.29. The maximum Gasteiger partial charge on any atom is 0.301 e. The van der Waals surface area contributed by atoms with E-state index in [1.807, 2.05) is 76.2 Å². The van der Waals surface area contributed by atoms with E-state index in [4.69, 9.17) is 19.2 Å². The summed E-state index contributed by atoms with van der Waals surface area (Å²) in [7, 11) is 0. The number of amides is 1. The van der Waals surface area contributed by atoms with Gasteiger partial charge < -0.3 is 19.3 Å². The highest BCUT2D eigenvalue weighted by molar-refractivity contribution is 7.22. The summed E-state index contributed by atoms with van der Waals surface area (Å²) >= 11 is 1.34. The normalized spacial score (nSPS) is 18.4. The van der Waals surface area contributed by atoms with Crippen molar-refractivity contribution >= 4 is 44.1 Å². The predicted octanol–water partition coefficient (Wildman–Crippen LogP) is 7.84. The van der Waals surface area contributed by atoms with E-state index in [1.165, 1.54) is 16.2 Å². The van der Waals surface area contributed by atoms with Crippen LogP contribution in [0.4, 0.5) is 5.13 Å². The van der Waals surface area contributed by atoms with Crippen LogP contribution in [0.25, 0.3) is 16.0 Å². The number of thiazole rings is 1. The molecule has 2 aliphatic rings. The lowest BCUT2D eigenvalue weighted by molar-refractivity contribution is -0.132. The Balaban J connectivity index is 1.37. The fraction of sp³-hybridized carbons (Fsp3) is 0.237. The molecule has 0 spiro atoms. The molecule has 1 aromatic heterocycles. The number of ketones is 1.